The minimum atomic E-state index is -1.07. The van der Waals surface area contributed by atoms with Gasteiger partial charge in [0.05, 0.1) is 29.8 Å². The van der Waals surface area contributed by atoms with Crippen molar-refractivity contribution in [3.05, 3.63) is 114 Å². The van der Waals surface area contributed by atoms with E-state index in [9.17, 15) is 24.6 Å². The molecule has 0 aliphatic heterocycles. The maximum atomic E-state index is 13.7. The molecule has 5 atom stereocenters. The third kappa shape index (κ3) is 12.5. The fourth-order valence-electron chi connectivity index (χ4n) is 5.64. The smallest absolute Gasteiger partial charge is 0.407 e. The van der Waals surface area contributed by atoms with Crippen molar-refractivity contribution in [2.24, 2.45) is 5.92 Å². The summed E-state index contributed by atoms with van der Waals surface area (Å²) in [6.07, 6.45) is -2.07. The Morgan fingerprint density at radius 3 is 1.78 bits per heavy atom. The average molecular weight is 698 g/mol. The molecular formula is C40H51N5O6. The molecule has 11 heteroatoms. The van der Waals surface area contributed by atoms with Gasteiger partial charge in [-0.2, -0.15) is 0 Å². The van der Waals surface area contributed by atoms with Crippen LogP contribution in [0.15, 0.2) is 97.1 Å². The highest BCUT2D eigenvalue weighted by Gasteiger charge is 2.30. The molecule has 1 aromatic heterocycles. The van der Waals surface area contributed by atoms with Crippen LogP contribution in [0.4, 0.5) is 4.79 Å². The number of carbonyl (C=O) groups is 3. The van der Waals surface area contributed by atoms with E-state index in [0.29, 0.717) is 18.4 Å². The Kier molecular flexibility index (Phi) is 14.1. The van der Waals surface area contributed by atoms with Crippen LogP contribution >= 0.6 is 0 Å². The number of aromatic nitrogens is 1. The van der Waals surface area contributed by atoms with E-state index >= 15 is 0 Å². The van der Waals surface area contributed by atoms with E-state index in [1.807, 2.05) is 105 Å². The lowest BCUT2D eigenvalue weighted by atomic mass is 9.98. The van der Waals surface area contributed by atoms with Gasteiger partial charge in [0.1, 0.15) is 17.3 Å². The highest BCUT2D eigenvalue weighted by atomic mass is 16.6. The van der Waals surface area contributed by atoms with Gasteiger partial charge in [0.15, 0.2) is 0 Å². The summed E-state index contributed by atoms with van der Waals surface area (Å²) in [4.78, 5) is 44.1. The van der Waals surface area contributed by atoms with Crippen LogP contribution in [0.25, 0.3) is 10.9 Å². The number of ether oxygens (including phenoxy) is 1. The van der Waals surface area contributed by atoms with Crippen LogP contribution in [0.2, 0.25) is 0 Å². The molecule has 0 fully saturated rings. The summed E-state index contributed by atoms with van der Waals surface area (Å²) in [7, 11) is 0. The zero-order valence-electron chi connectivity index (χ0n) is 30.0. The van der Waals surface area contributed by atoms with Crippen molar-refractivity contribution in [2.75, 3.05) is 13.1 Å². The van der Waals surface area contributed by atoms with Gasteiger partial charge in [-0.3, -0.25) is 9.59 Å². The number of nitrogens with one attached hydrogen (secondary N) is 4. The van der Waals surface area contributed by atoms with Gasteiger partial charge < -0.3 is 36.2 Å². The van der Waals surface area contributed by atoms with Crippen molar-refractivity contribution in [3.8, 4) is 0 Å². The third-order valence-corrected chi connectivity index (χ3v) is 8.33. The molecule has 11 nitrogen and oxygen atoms in total. The number of alkyl carbamates (subject to hydrolysis) is 1. The number of nitrogens with zero attached hydrogens (tertiary/aromatic N) is 1. The molecule has 4 rings (SSSR count). The SMILES string of the molecule is CC(C)[C@H](NC(=O)c1ccc2ccccc2n1)C(=O)N[C@@H](Cc1ccccc1)[C@H](O)CNC[C@@H](O)[C@H](Cc1ccccc1)NC(=O)OC(C)(C)C. The van der Waals surface area contributed by atoms with Gasteiger partial charge in [0, 0.05) is 18.5 Å². The van der Waals surface area contributed by atoms with Gasteiger partial charge in [-0.15, -0.1) is 0 Å². The molecule has 0 radical (unpaired) electrons. The first kappa shape index (κ1) is 39.0. The van der Waals surface area contributed by atoms with E-state index in [0.717, 1.165) is 16.5 Å². The predicted molar refractivity (Wildman–Crippen MR) is 198 cm³/mol. The lowest BCUT2D eigenvalue weighted by Gasteiger charge is -2.30. The summed E-state index contributed by atoms with van der Waals surface area (Å²) in [5, 5.41) is 35.2. The first-order chi connectivity index (χ1) is 24.3. The monoisotopic (exact) mass is 697 g/mol. The molecule has 0 aliphatic rings. The van der Waals surface area contributed by atoms with Gasteiger partial charge in [0.25, 0.3) is 5.91 Å². The number of fused-ring (bicyclic) bond motifs is 1. The van der Waals surface area contributed by atoms with E-state index in [1.54, 1.807) is 26.8 Å². The summed E-state index contributed by atoms with van der Waals surface area (Å²) in [6, 6.07) is 27.6. The van der Waals surface area contributed by atoms with Crippen LogP contribution in [0.1, 0.15) is 56.2 Å². The summed E-state index contributed by atoms with van der Waals surface area (Å²) in [5.74, 6) is -1.18. The van der Waals surface area contributed by atoms with Crippen LogP contribution in [-0.2, 0) is 22.4 Å². The molecule has 0 spiro atoms. The highest BCUT2D eigenvalue weighted by Crippen LogP contribution is 2.14. The van der Waals surface area contributed by atoms with Gasteiger partial charge in [-0.1, -0.05) is 98.8 Å². The van der Waals surface area contributed by atoms with E-state index in [1.165, 1.54) is 0 Å². The number of benzene rings is 3. The number of carbonyl (C=O) groups excluding carboxylic acids is 3. The third-order valence-electron chi connectivity index (χ3n) is 8.33. The molecule has 272 valence electrons. The van der Waals surface area contributed by atoms with Gasteiger partial charge in [0.2, 0.25) is 5.91 Å². The van der Waals surface area contributed by atoms with Crippen LogP contribution in [-0.4, -0.2) is 82.1 Å². The molecule has 0 bridgehead atoms. The molecule has 51 heavy (non-hydrogen) atoms. The lowest BCUT2D eigenvalue weighted by molar-refractivity contribution is -0.125. The maximum Gasteiger partial charge on any atom is 0.407 e. The Morgan fingerprint density at radius 1 is 0.706 bits per heavy atom. The summed E-state index contributed by atoms with van der Waals surface area (Å²) < 4.78 is 5.43. The topological polar surface area (TPSA) is 162 Å². The molecule has 4 aromatic rings. The maximum absolute atomic E-state index is 13.7. The van der Waals surface area contributed by atoms with E-state index < -0.39 is 53.8 Å². The van der Waals surface area contributed by atoms with Crippen molar-refractivity contribution in [2.45, 2.75) is 83.4 Å². The molecule has 6 N–H and O–H groups in total. The van der Waals surface area contributed by atoms with Crippen LogP contribution in [0.5, 0.6) is 0 Å². The normalized spacial score (nSPS) is 14.6. The molecule has 0 saturated carbocycles. The molecule has 0 unspecified atom stereocenters. The number of hydrogen-bond acceptors (Lipinski definition) is 8. The quantitative estimate of drug-likeness (QED) is 0.102. The standard InChI is InChI=1S/C40H51N5O6/c1-26(2)36(45-37(48)31-21-20-29-18-12-13-19-30(29)42-31)38(49)43-32(22-27-14-8-6-9-15-27)34(46)24-41-25-35(47)33(23-28-16-10-7-11-17-28)44-39(50)51-40(3,4)5/h6-21,26,32-36,41,46-47H,22-25H2,1-5H3,(H,43,49)(H,44,50)(H,45,48)/t32-,33-,34+,35+,36-/m0/s1. The second-order valence-electron chi connectivity index (χ2n) is 14.1. The Labute approximate surface area is 300 Å². The summed E-state index contributed by atoms with van der Waals surface area (Å²) in [6.45, 7) is 9.04. The van der Waals surface area contributed by atoms with Crippen molar-refractivity contribution < 1.29 is 29.3 Å². The number of amides is 3. The Balaban J connectivity index is 1.42. The van der Waals surface area contributed by atoms with Gasteiger partial charge in [-0.25, -0.2) is 9.78 Å². The van der Waals surface area contributed by atoms with Gasteiger partial charge in [-0.05, 0) is 62.8 Å². The second-order valence-corrected chi connectivity index (χ2v) is 14.1. The Bertz CT molecular complexity index is 1710. The molecular weight excluding hydrogens is 646 g/mol. The number of pyridine rings is 1. The minimum Gasteiger partial charge on any atom is -0.444 e. The fraction of sp³-hybridized carbons (Fsp3) is 0.400. The number of aliphatic hydroxyl groups is 2. The highest BCUT2D eigenvalue weighted by molar-refractivity contribution is 5.98. The molecule has 1 heterocycles. The second kappa shape index (κ2) is 18.4. The zero-order chi connectivity index (χ0) is 37.0. The van der Waals surface area contributed by atoms with Crippen LogP contribution < -0.4 is 21.3 Å². The number of rotatable bonds is 16. The first-order valence-corrected chi connectivity index (χ1v) is 17.4. The van der Waals surface area contributed by atoms with Crippen molar-refractivity contribution >= 4 is 28.8 Å². The largest absolute Gasteiger partial charge is 0.444 e. The minimum absolute atomic E-state index is 0.0268. The average Bonchev–Trinajstić information content (AvgIpc) is 3.09. The first-order valence-electron chi connectivity index (χ1n) is 17.4. The summed E-state index contributed by atoms with van der Waals surface area (Å²) >= 11 is 0. The number of aliphatic hydroxyl groups excluding tert-OH is 2. The zero-order valence-corrected chi connectivity index (χ0v) is 30.0. The number of hydrogen-bond donors (Lipinski definition) is 6. The molecule has 3 aromatic carbocycles. The van der Waals surface area contributed by atoms with E-state index in [2.05, 4.69) is 26.3 Å². The van der Waals surface area contributed by atoms with E-state index in [-0.39, 0.29) is 24.7 Å². The molecule has 0 saturated heterocycles. The Hall–Kier alpha value is -4.84. The molecule has 0 aliphatic carbocycles. The number of para-hydroxylation sites is 1. The predicted octanol–water partition coefficient (Wildman–Crippen LogP) is 4.16. The fourth-order valence-corrected chi connectivity index (χ4v) is 5.64. The van der Waals surface area contributed by atoms with Crippen LogP contribution in [0.3, 0.4) is 0 Å². The van der Waals surface area contributed by atoms with Gasteiger partial charge >= 0.3 is 6.09 Å². The van der Waals surface area contributed by atoms with Crippen molar-refractivity contribution in [1.82, 2.24) is 26.3 Å². The van der Waals surface area contributed by atoms with Crippen molar-refractivity contribution in [3.63, 3.8) is 0 Å². The van der Waals surface area contributed by atoms with Crippen LogP contribution in [0, 0.1) is 5.92 Å². The van der Waals surface area contributed by atoms with Crippen molar-refractivity contribution in [1.29, 1.82) is 0 Å². The Morgan fingerprint density at radius 2 is 1.24 bits per heavy atom. The van der Waals surface area contributed by atoms with E-state index in [4.69, 9.17) is 4.74 Å². The summed E-state index contributed by atoms with van der Waals surface area (Å²) in [5.41, 5.74) is 1.98. The molecule has 3 amide bonds. The lowest BCUT2D eigenvalue weighted by Crippen LogP contribution is -2.57.